The molecule has 2 unspecified atom stereocenters. The molecule has 1 aromatic carbocycles. The van der Waals surface area contributed by atoms with Crippen LogP contribution in [0, 0.1) is 5.92 Å². The maximum absolute atomic E-state index is 3.79. The summed E-state index contributed by atoms with van der Waals surface area (Å²) < 4.78 is 0. The van der Waals surface area contributed by atoms with Crippen molar-refractivity contribution in [2.75, 3.05) is 6.54 Å². The van der Waals surface area contributed by atoms with Crippen LogP contribution in [0.5, 0.6) is 0 Å². The summed E-state index contributed by atoms with van der Waals surface area (Å²) in [6.07, 6.45) is 8.07. The molecule has 1 N–H and O–H groups in total. The Morgan fingerprint density at radius 2 is 1.65 bits per heavy atom. The van der Waals surface area contributed by atoms with Gasteiger partial charge in [0.05, 0.1) is 0 Å². The fourth-order valence-corrected chi connectivity index (χ4v) is 3.41. The fourth-order valence-electron chi connectivity index (χ4n) is 3.41. The van der Waals surface area contributed by atoms with Crippen LogP contribution in [0.1, 0.15) is 82.4 Å². The van der Waals surface area contributed by atoms with E-state index in [1.807, 2.05) is 0 Å². The van der Waals surface area contributed by atoms with E-state index in [1.165, 1.54) is 49.7 Å². The molecule has 0 aliphatic heterocycles. The van der Waals surface area contributed by atoms with E-state index in [0.29, 0.717) is 12.0 Å². The quantitative estimate of drug-likeness (QED) is 0.698. The van der Waals surface area contributed by atoms with Gasteiger partial charge in [-0.3, -0.25) is 0 Å². The van der Waals surface area contributed by atoms with Crippen molar-refractivity contribution in [3.8, 4) is 0 Å². The highest BCUT2D eigenvalue weighted by atomic mass is 14.9. The van der Waals surface area contributed by atoms with Gasteiger partial charge in [-0.1, -0.05) is 57.9 Å². The third-order valence-corrected chi connectivity index (χ3v) is 4.96. The van der Waals surface area contributed by atoms with Gasteiger partial charge < -0.3 is 5.32 Å². The van der Waals surface area contributed by atoms with Gasteiger partial charge in [-0.2, -0.15) is 0 Å². The lowest BCUT2D eigenvalue weighted by atomic mass is 9.89. The van der Waals surface area contributed by atoms with Crippen LogP contribution in [0.3, 0.4) is 0 Å². The van der Waals surface area contributed by atoms with Crippen molar-refractivity contribution >= 4 is 0 Å². The van der Waals surface area contributed by atoms with Gasteiger partial charge in [-0.15, -0.1) is 0 Å². The summed E-state index contributed by atoms with van der Waals surface area (Å²) in [7, 11) is 0. The Morgan fingerprint density at radius 1 is 1.05 bits per heavy atom. The van der Waals surface area contributed by atoms with Crippen LogP contribution in [0.15, 0.2) is 24.3 Å². The second-order valence-corrected chi connectivity index (χ2v) is 6.45. The normalized spacial score (nSPS) is 19.1. The molecule has 112 valence electrons. The van der Waals surface area contributed by atoms with E-state index in [-0.39, 0.29) is 0 Å². The Bertz CT molecular complexity index is 375. The molecule has 1 aliphatic rings. The van der Waals surface area contributed by atoms with Gasteiger partial charge in [0.1, 0.15) is 0 Å². The number of benzene rings is 1. The molecule has 0 bridgehead atoms. The van der Waals surface area contributed by atoms with E-state index in [4.69, 9.17) is 0 Å². The van der Waals surface area contributed by atoms with E-state index in [1.54, 1.807) is 0 Å². The van der Waals surface area contributed by atoms with Crippen LogP contribution in [0.2, 0.25) is 0 Å². The Kier molecular flexibility index (Phi) is 6.09. The lowest BCUT2D eigenvalue weighted by molar-refractivity contribution is 0.368. The van der Waals surface area contributed by atoms with Gasteiger partial charge in [0.15, 0.2) is 0 Å². The Labute approximate surface area is 125 Å². The van der Waals surface area contributed by atoms with Crippen LogP contribution in [0.4, 0.5) is 0 Å². The van der Waals surface area contributed by atoms with Crippen molar-refractivity contribution < 1.29 is 0 Å². The molecule has 1 saturated carbocycles. The van der Waals surface area contributed by atoms with Crippen LogP contribution in [-0.4, -0.2) is 6.54 Å². The predicted molar refractivity (Wildman–Crippen MR) is 88.1 cm³/mol. The first-order chi connectivity index (χ1) is 9.76. The standard InChI is InChI=1S/C19H31N/c1-4-14-20-19(17-8-6-7-9-17)18-12-10-16(11-13-18)15(3)5-2/h10-13,15,17,19-20H,4-9,14H2,1-3H3. The topological polar surface area (TPSA) is 12.0 Å². The number of hydrogen-bond donors (Lipinski definition) is 1. The van der Waals surface area contributed by atoms with Crippen molar-refractivity contribution in [2.24, 2.45) is 5.92 Å². The highest BCUT2D eigenvalue weighted by Crippen LogP contribution is 2.36. The predicted octanol–water partition coefficient (Wildman–Crippen LogP) is 5.43. The first-order valence-corrected chi connectivity index (χ1v) is 8.59. The second kappa shape index (κ2) is 7.83. The van der Waals surface area contributed by atoms with Crippen molar-refractivity contribution in [1.82, 2.24) is 5.32 Å². The summed E-state index contributed by atoms with van der Waals surface area (Å²) in [5.41, 5.74) is 2.98. The molecule has 0 radical (unpaired) electrons. The number of rotatable bonds is 7. The summed E-state index contributed by atoms with van der Waals surface area (Å²) >= 11 is 0. The lowest BCUT2D eigenvalue weighted by Crippen LogP contribution is -2.27. The fraction of sp³-hybridized carbons (Fsp3) is 0.684. The molecule has 0 aromatic heterocycles. The third-order valence-electron chi connectivity index (χ3n) is 4.96. The summed E-state index contributed by atoms with van der Waals surface area (Å²) in [5.74, 6) is 1.52. The van der Waals surface area contributed by atoms with Crippen LogP contribution < -0.4 is 5.32 Å². The molecular weight excluding hydrogens is 242 g/mol. The summed E-state index contributed by atoms with van der Waals surface area (Å²) in [6, 6.07) is 10.0. The first kappa shape index (κ1) is 15.6. The largest absolute Gasteiger partial charge is 0.310 e. The molecule has 1 heteroatoms. The van der Waals surface area contributed by atoms with Crippen LogP contribution >= 0.6 is 0 Å². The van der Waals surface area contributed by atoms with E-state index in [0.717, 1.165) is 12.5 Å². The van der Waals surface area contributed by atoms with Crippen LogP contribution in [0.25, 0.3) is 0 Å². The smallest absolute Gasteiger partial charge is 0.0348 e. The summed E-state index contributed by atoms with van der Waals surface area (Å²) in [6.45, 7) is 7.97. The van der Waals surface area contributed by atoms with Gasteiger partial charge in [-0.05, 0) is 55.2 Å². The van der Waals surface area contributed by atoms with Crippen molar-refractivity contribution in [2.45, 2.75) is 71.3 Å². The molecule has 20 heavy (non-hydrogen) atoms. The minimum atomic E-state index is 0.573. The molecule has 0 amide bonds. The molecule has 1 aliphatic carbocycles. The maximum atomic E-state index is 3.79. The minimum Gasteiger partial charge on any atom is -0.310 e. The van der Waals surface area contributed by atoms with Gasteiger partial charge in [0.25, 0.3) is 0 Å². The molecule has 2 rings (SSSR count). The van der Waals surface area contributed by atoms with Crippen molar-refractivity contribution in [3.05, 3.63) is 35.4 Å². The van der Waals surface area contributed by atoms with Crippen molar-refractivity contribution in [1.29, 1.82) is 0 Å². The molecule has 0 saturated heterocycles. The summed E-state index contributed by atoms with van der Waals surface area (Å²) in [4.78, 5) is 0. The molecule has 1 fully saturated rings. The van der Waals surface area contributed by atoms with Gasteiger partial charge in [-0.25, -0.2) is 0 Å². The Hall–Kier alpha value is -0.820. The molecular formula is C19H31N. The van der Waals surface area contributed by atoms with Crippen molar-refractivity contribution in [3.63, 3.8) is 0 Å². The van der Waals surface area contributed by atoms with E-state index < -0.39 is 0 Å². The highest BCUT2D eigenvalue weighted by molar-refractivity contribution is 5.27. The molecule has 1 nitrogen and oxygen atoms in total. The Balaban J connectivity index is 2.10. The first-order valence-electron chi connectivity index (χ1n) is 8.59. The average Bonchev–Trinajstić information content (AvgIpc) is 3.01. The monoisotopic (exact) mass is 273 g/mol. The molecule has 1 aromatic rings. The summed E-state index contributed by atoms with van der Waals surface area (Å²) in [5, 5.41) is 3.79. The zero-order valence-electron chi connectivity index (χ0n) is 13.5. The van der Waals surface area contributed by atoms with E-state index in [9.17, 15) is 0 Å². The van der Waals surface area contributed by atoms with Gasteiger partial charge in [0.2, 0.25) is 0 Å². The lowest BCUT2D eigenvalue weighted by Gasteiger charge is -2.25. The van der Waals surface area contributed by atoms with Crippen LogP contribution in [-0.2, 0) is 0 Å². The SMILES string of the molecule is CCCNC(c1ccc(C(C)CC)cc1)C1CCCC1. The Morgan fingerprint density at radius 3 is 2.20 bits per heavy atom. The van der Waals surface area contributed by atoms with Gasteiger partial charge >= 0.3 is 0 Å². The number of nitrogens with one attached hydrogen (secondary N) is 1. The highest BCUT2D eigenvalue weighted by Gasteiger charge is 2.25. The molecule has 0 heterocycles. The molecule has 0 spiro atoms. The zero-order chi connectivity index (χ0) is 14.4. The zero-order valence-corrected chi connectivity index (χ0v) is 13.5. The minimum absolute atomic E-state index is 0.573. The molecule has 2 atom stereocenters. The second-order valence-electron chi connectivity index (χ2n) is 6.45. The van der Waals surface area contributed by atoms with E-state index in [2.05, 4.69) is 50.4 Å². The average molecular weight is 273 g/mol. The number of hydrogen-bond acceptors (Lipinski definition) is 1. The van der Waals surface area contributed by atoms with Gasteiger partial charge in [0, 0.05) is 6.04 Å². The third kappa shape index (κ3) is 3.85. The maximum Gasteiger partial charge on any atom is 0.0348 e. The van der Waals surface area contributed by atoms with E-state index >= 15 is 0 Å².